The van der Waals surface area contributed by atoms with E-state index in [4.69, 9.17) is 9.47 Å². The van der Waals surface area contributed by atoms with Gasteiger partial charge in [0.1, 0.15) is 5.75 Å². The van der Waals surface area contributed by atoms with Crippen molar-refractivity contribution in [2.24, 2.45) is 0 Å². The van der Waals surface area contributed by atoms with Crippen LogP contribution < -0.4 is 15.4 Å². The number of benzene rings is 3. The Morgan fingerprint density at radius 2 is 1.53 bits per heavy atom. The number of hydrogen-bond acceptors (Lipinski definition) is 5. The molecule has 0 aliphatic carbocycles. The Bertz CT molecular complexity index is 1090. The van der Waals surface area contributed by atoms with Gasteiger partial charge in [0.25, 0.3) is 11.8 Å². The molecule has 0 aliphatic heterocycles. The molecule has 7 nitrogen and oxygen atoms in total. The molecule has 7 heteroatoms. The third-order valence-corrected chi connectivity index (χ3v) is 4.62. The minimum atomic E-state index is -0.479. The minimum Gasteiger partial charge on any atom is -0.495 e. The molecule has 0 heterocycles. The topological polar surface area (TPSA) is 93.7 Å². The van der Waals surface area contributed by atoms with E-state index < -0.39 is 11.9 Å². The number of esters is 1. The molecule has 0 spiro atoms. The van der Waals surface area contributed by atoms with Crippen molar-refractivity contribution in [1.29, 1.82) is 0 Å². The second kappa shape index (κ2) is 10.8. The van der Waals surface area contributed by atoms with Gasteiger partial charge in [0.05, 0.1) is 19.2 Å². The molecule has 3 aromatic rings. The highest BCUT2D eigenvalue weighted by Crippen LogP contribution is 2.23. The highest BCUT2D eigenvalue weighted by molar-refractivity contribution is 6.05. The van der Waals surface area contributed by atoms with Crippen LogP contribution in [-0.4, -0.2) is 31.5 Å². The predicted molar refractivity (Wildman–Crippen MR) is 122 cm³/mol. The highest BCUT2D eigenvalue weighted by Gasteiger charge is 2.11. The molecule has 0 unspecified atom stereocenters. The molecule has 0 atom stereocenters. The number of methoxy groups -OCH3 is 1. The number of carbonyl (C=O) groups is 3. The Balaban J connectivity index is 1.48. The van der Waals surface area contributed by atoms with E-state index in [1.807, 2.05) is 37.3 Å². The van der Waals surface area contributed by atoms with Gasteiger partial charge in [-0.2, -0.15) is 0 Å². The van der Waals surface area contributed by atoms with Gasteiger partial charge in [0.15, 0.2) is 6.61 Å². The van der Waals surface area contributed by atoms with Gasteiger partial charge in [-0.1, -0.05) is 42.0 Å². The van der Waals surface area contributed by atoms with E-state index in [9.17, 15) is 14.4 Å². The number of carbonyl (C=O) groups excluding carboxylic acids is 3. The number of nitrogens with one attached hydrogen (secondary N) is 2. The van der Waals surface area contributed by atoms with Gasteiger partial charge in [0, 0.05) is 11.3 Å². The van der Waals surface area contributed by atoms with E-state index in [0.29, 0.717) is 22.7 Å². The average Bonchev–Trinajstić information content (AvgIpc) is 2.80. The summed E-state index contributed by atoms with van der Waals surface area (Å²) in [7, 11) is 1.53. The summed E-state index contributed by atoms with van der Waals surface area (Å²) in [5, 5.41) is 5.42. The lowest BCUT2D eigenvalue weighted by Crippen LogP contribution is -2.21. The van der Waals surface area contributed by atoms with Crippen molar-refractivity contribution in [3.63, 3.8) is 0 Å². The maximum absolute atomic E-state index is 12.5. The first-order valence-corrected chi connectivity index (χ1v) is 10.00. The standard InChI is InChI=1S/C25H24N2O5/c1-17-7-9-18(10-8-17)15-24(29)32-16-23(28)26-20-13-11-19(12-14-20)25(30)27-21-5-3-4-6-22(21)31-2/h3-14H,15-16H2,1-2H3,(H,26,28)(H,27,30). The molecule has 0 saturated heterocycles. The molecular formula is C25H24N2O5. The summed E-state index contributed by atoms with van der Waals surface area (Å²) in [5.41, 5.74) is 3.38. The highest BCUT2D eigenvalue weighted by atomic mass is 16.5. The van der Waals surface area contributed by atoms with Crippen LogP contribution in [0.25, 0.3) is 0 Å². The lowest BCUT2D eigenvalue weighted by atomic mass is 10.1. The predicted octanol–water partition coefficient (Wildman–Crippen LogP) is 3.98. The number of hydrogen-bond donors (Lipinski definition) is 2. The van der Waals surface area contributed by atoms with Crippen LogP contribution in [0.2, 0.25) is 0 Å². The molecule has 3 aromatic carbocycles. The number of anilines is 2. The molecule has 0 aliphatic rings. The first kappa shape index (κ1) is 22.6. The molecular weight excluding hydrogens is 408 g/mol. The summed E-state index contributed by atoms with van der Waals surface area (Å²) in [6, 6.07) is 21.0. The van der Waals surface area contributed by atoms with Crippen molar-refractivity contribution in [2.75, 3.05) is 24.4 Å². The Hall–Kier alpha value is -4.13. The molecule has 0 fully saturated rings. The van der Waals surface area contributed by atoms with Gasteiger partial charge in [-0.15, -0.1) is 0 Å². The van der Waals surface area contributed by atoms with Gasteiger partial charge < -0.3 is 20.1 Å². The maximum atomic E-state index is 12.5. The largest absolute Gasteiger partial charge is 0.495 e. The van der Waals surface area contributed by atoms with Crippen LogP contribution in [0, 0.1) is 6.92 Å². The van der Waals surface area contributed by atoms with E-state index in [0.717, 1.165) is 11.1 Å². The zero-order valence-corrected chi connectivity index (χ0v) is 17.9. The smallest absolute Gasteiger partial charge is 0.310 e. The van der Waals surface area contributed by atoms with E-state index in [-0.39, 0.29) is 18.9 Å². The number of rotatable bonds is 8. The maximum Gasteiger partial charge on any atom is 0.310 e. The van der Waals surface area contributed by atoms with E-state index in [1.54, 1.807) is 42.5 Å². The Kier molecular flexibility index (Phi) is 7.59. The monoisotopic (exact) mass is 432 g/mol. The first-order chi connectivity index (χ1) is 15.4. The van der Waals surface area contributed by atoms with Crippen molar-refractivity contribution < 1.29 is 23.9 Å². The average molecular weight is 432 g/mol. The molecule has 0 aromatic heterocycles. The molecule has 32 heavy (non-hydrogen) atoms. The third-order valence-electron chi connectivity index (χ3n) is 4.62. The van der Waals surface area contributed by atoms with Crippen LogP contribution in [0.4, 0.5) is 11.4 Å². The molecule has 3 rings (SSSR count). The molecule has 164 valence electrons. The SMILES string of the molecule is COc1ccccc1NC(=O)c1ccc(NC(=O)COC(=O)Cc2ccc(C)cc2)cc1. The molecule has 2 N–H and O–H groups in total. The minimum absolute atomic E-state index is 0.101. The summed E-state index contributed by atoms with van der Waals surface area (Å²) in [6.07, 6.45) is 0.101. The lowest BCUT2D eigenvalue weighted by Gasteiger charge is -2.10. The van der Waals surface area contributed by atoms with E-state index in [2.05, 4.69) is 10.6 Å². The normalized spacial score (nSPS) is 10.2. The van der Waals surface area contributed by atoms with Crippen LogP contribution in [-0.2, 0) is 20.7 Å². The van der Waals surface area contributed by atoms with Crippen molar-refractivity contribution >= 4 is 29.2 Å². The van der Waals surface area contributed by atoms with Gasteiger partial charge in [-0.05, 0) is 48.9 Å². The fourth-order valence-corrected chi connectivity index (χ4v) is 2.91. The Morgan fingerprint density at radius 1 is 0.844 bits per heavy atom. The Labute approximate surface area is 186 Å². The van der Waals surface area contributed by atoms with Crippen molar-refractivity contribution in [3.8, 4) is 5.75 Å². The van der Waals surface area contributed by atoms with Crippen LogP contribution in [0.3, 0.4) is 0 Å². The first-order valence-electron chi connectivity index (χ1n) is 10.00. The van der Waals surface area contributed by atoms with E-state index >= 15 is 0 Å². The summed E-state index contributed by atoms with van der Waals surface area (Å²) >= 11 is 0. The van der Waals surface area contributed by atoms with Gasteiger partial charge in [0.2, 0.25) is 0 Å². The van der Waals surface area contributed by atoms with Crippen LogP contribution >= 0.6 is 0 Å². The van der Waals surface area contributed by atoms with Crippen molar-refractivity contribution in [3.05, 3.63) is 89.5 Å². The number of para-hydroxylation sites is 2. The van der Waals surface area contributed by atoms with Gasteiger partial charge in [-0.3, -0.25) is 14.4 Å². The van der Waals surface area contributed by atoms with E-state index in [1.165, 1.54) is 7.11 Å². The summed E-state index contributed by atoms with van der Waals surface area (Å²) < 4.78 is 10.3. The number of aryl methyl sites for hydroxylation is 1. The molecule has 0 radical (unpaired) electrons. The number of ether oxygens (including phenoxy) is 2. The quantitative estimate of drug-likeness (QED) is 0.525. The van der Waals surface area contributed by atoms with Crippen molar-refractivity contribution in [2.45, 2.75) is 13.3 Å². The molecule has 0 saturated carbocycles. The van der Waals surface area contributed by atoms with Crippen molar-refractivity contribution in [1.82, 2.24) is 0 Å². The lowest BCUT2D eigenvalue weighted by molar-refractivity contribution is -0.146. The summed E-state index contributed by atoms with van der Waals surface area (Å²) in [5.74, 6) is -0.695. The summed E-state index contributed by atoms with van der Waals surface area (Å²) in [6.45, 7) is 1.58. The zero-order valence-electron chi connectivity index (χ0n) is 17.9. The third kappa shape index (κ3) is 6.43. The Morgan fingerprint density at radius 3 is 2.22 bits per heavy atom. The fourth-order valence-electron chi connectivity index (χ4n) is 2.91. The van der Waals surface area contributed by atoms with Gasteiger partial charge >= 0.3 is 5.97 Å². The zero-order chi connectivity index (χ0) is 22.9. The molecule has 0 bridgehead atoms. The second-order valence-electron chi connectivity index (χ2n) is 7.10. The second-order valence-corrected chi connectivity index (χ2v) is 7.10. The number of amides is 2. The molecule has 2 amide bonds. The van der Waals surface area contributed by atoms with Crippen LogP contribution in [0.1, 0.15) is 21.5 Å². The fraction of sp³-hybridized carbons (Fsp3) is 0.160. The van der Waals surface area contributed by atoms with Crippen LogP contribution in [0.15, 0.2) is 72.8 Å². The summed E-state index contributed by atoms with van der Waals surface area (Å²) in [4.78, 5) is 36.4. The van der Waals surface area contributed by atoms with Gasteiger partial charge in [-0.25, -0.2) is 0 Å². The van der Waals surface area contributed by atoms with Crippen LogP contribution in [0.5, 0.6) is 5.75 Å².